The fraction of sp³-hybridized carbons (Fsp3) is 0.250. The van der Waals surface area contributed by atoms with Crippen LogP contribution in [-0.2, 0) is 5.92 Å². The van der Waals surface area contributed by atoms with Crippen molar-refractivity contribution in [2.75, 3.05) is 7.05 Å². The summed E-state index contributed by atoms with van der Waals surface area (Å²) in [5.41, 5.74) is -4.90. The van der Waals surface area contributed by atoms with Crippen molar-refractivity contribution in [2.24, 2.45) is 10.7 Å². The van der Waals surface area contributed by atoms with Crippen LogP contribution in [0.2, 0.25) is 0 Å². The van der Waals surface area contributed by atoms with Crippen LogP contribution in [0, 0.1) is 23.3 Å². The number of alkyl halides is 5. The second kappa shape index (κ2) is 4.90. The molecule has 2 nitrogen and oxygen atoms in total. The molecule has 0 atom stereocenters. The number of nitrogens with two attached hydrogens (primary N) is 1. The Labute approximate surface area is 122 Å². The molecule has 11 heteroatoms. The van der Waals surface area contributed by atoms with Gasteiger partial charge in [-0.3, -0.25) is 4.99 Å². The highest BCUT2D eigenvalue weighted by Gasteiger charge is 2.56. The molecule has 1 aliphatic carbocycles. The van der Waals surface area contributed by atoms with Gasteiger partial charge in [-0.05, 0) is 0 Å². The number of fused-ring (bicyclic) bond motifs is 1. The van der Waals surface area contributed by atoms with Crippen LogP contribution in [0.3, 0.4) is 0 Å². The Morgan fingerprint density at radius 1 is 0.957 bits per heavy atom. The Bertz CT molecular complexity index is 759. The highest BCUT2D eigenvalue weighted by atomic mass is 19.4. The number of hydrogen-bond donors (Lipinski definition) is 1. The average molecular weight is 348 g/mol. The molecule has 0 saturated heterocycles. The molecule has 23 heavy (non-hydrogen) atoms. The van der Waals surface area contributed by atoms with E-state index in [1.54, 1.807) is 0 Å². The van der Waals surface area contributed by atoms with Crippen molar-refractivity contribution in [3.63, 3.8) is 0 Å². The monoisotopic (exact) mass is 348 g/mol. The third-order valence-corrected chi connectivity index (χ3v) is 3.16. The summed E-state index contributed by atoms with van der Waals surface area (Å²) in [5, 5.41) is 0. The number of benzene rings is 1. The van der Waals surface area contributed by atoms with E-state index in [0.717, 1.165) is 0 Å². The minimum atomic E-state index is -5.42. The van der Waals surface area contributed by atoms with Crippen LogP contribution in [0.15, 0.2) is 10.7 Å². The first-order chi connectivity index (χ1) is 10.4. The van der Waals surface area contributed by atoms with Crippen LogP contribution < -0.4 is 5.73 Å². The van der Waals surface area contributed by atoms with Gasteiger partial charge >= 0.3 is 12.1 Å². The van der Waals surface area contributed by atoms with Gasteiger partial charge in [0, 0.05) is 18.2 Å². The van der Waals surface area contributed by atoms with Crippen molar-refractivity contribution in [2.45, 2.75) is 12.1 Å². The number of aliphatic imine (C=N–C) groups is 1. The summed E-state index contributed by atoms with van der Waals surface area (Å²) in [6.07, 6.45) is -5.42. The van der Waals surface area contributed by atoms with Gasteiger partial charge in [0.15, 0.2) is 23.3 Å². The number of halogens is 9. The van der Waals surface area contributed by atoms with Gasteiger partial charge in [-0.2, -0.15) is 22.0 Å². The molecule has 2 rings (SSSR count). The highest BCUT2D eigenvalue weighted by Crippen LogP contribution is 2.51. The largest absolute Gasteiger partial charge is 0.431 e. The quantitative estimate of drug-likeness (QED) is 0.434. The highest BCUT2D eigenvalue weighted by molar-refractivity contribution is 6.32. The molecule has 1 aliphatic rings. The normalized spacial score (nSPS) is 20.9. The van der Waals surface area contributed by atoms with Crippen molar-refractivity contribution in [3.05, 3.63) is 40.1 Å². The Morgan fingerprint density at radius 3 is 1.87 bits per heavy atom. The first-order valence-corrected chi connectivity index (χ1v) is 5.66. The van der Waals surface area contributed by atoms with E-state index in [1.165, 1.54) is 0 Å². The van der Waals surface area contributed by atoms with Crippen LogP contribution in [0.5, 0.6) is 0 Å². The number of nitrogens with zero attached hydrogens (tertiary/aromatic N) is 1. The lowest BCUT2D eigenvalue weighted by molar-refractivity contribution is -0.0919. The predicted molar refractivity (Wildman–Crippen MR) is 60.7 cm³/mol. The van der Waals surface area contributed by atoms with Gasteiger partial charge in [0.1, 0.15) is 11.4 Å². The van der Waals surface area contributed by atoms with Crippen molar-refractivity contribution in [3.8, 4) is 0 Å². The molecule has 126 valence electrons. The van der Waals surface area contributed by atoms with Crippen LogP contribution in [0.25, 0.3) is 5.57 Å². The molecular formula is C12H5F9N2. The minimum Gasteiger partial charge on any atom is -0.394 e. The summed E-state index contributed by atoms with van der Waals surface area (Å²) < 4.78 is 120. The van der Waals surface area contributed by atoms with Crippen LogP contribution in [0.1, 0.15) is 11.1 Å². The van der Waals surface area contributed by atoms with Crippen molar-refractivity contribution in [1.29, 1.82) is 0 Å². The summed E-state index contributed by atoms with van der Waals surface area (Å²) >= 11 is 0. The Balaban J connectivity index is 3.09. The second-order valence-electron chi connectivity index (χ2n) is 4.44. The Kier molecular flexibility index (Phi) is 3.65. The van der Waals surface area contributed by atoms with E-state index in [4.69, 9.17) is 5.73 Å². The maximum absolute atomic E-state index is 14.1. The van der Waals surface area contributed by atoms with E-state index in [1.807, 2.05) is 0 Å². The van der Waals surface area contributed by atoms with Crippen molar-refractivity contribution < 1.29 is 39.5 Å². The van der Waals surface area contributed by atoms with Crippen LogP contribution in [-0.4, -0.2) is 18.9 Å². The molecular weight excluding hydrogens is 343 g/mol. The van der Waals surface area contributed by atoms with E-state index < -0.39 is 63.5 Å². The summed E-state index contributed by atoms with van der Waals surface area (Å²) in [6, 6.07) is 0. The molecule has 0 bridgehead atoms. The Morgan fingerprint density at radius 2 is 1.43 bits per heavy atom. The van der Waals surface area contributed by atoms with E-state index in [9.17, 15) is 39.5 Å². The molecule has 1 aromatic rings. The molecule has 0 heterocycles. The lowest BCUT2D eigenvalue weighted by atomic mass is 10.0. The molecule has 0 unspecified atom stereocenters. The van der Waals surface area contributed by atoms with Crippen molar-refractivity contribution in [1.82, 2.24) is 0 Å². The van der Waals surface area contributed by atoms with Crippen LogP contribution in [0.4, 0.5) is 39.5 Å². The molecule has 0 amide bonds. The van der Waals surface area contributed by atoms with Gasteiger partial charge in [0.2, 0.25) is 0 Å². The Hall–Kier alpha value is -2.20. The van der Waals surface area contributed by atoms with E-state index in [2.05, 4.69) is 4.99 Å². The second-order valence-corrected chi connectivity index (χ2v) is 4.44. The van der Waals surface area contributed by atoms with Gasteiger partial charge in [0.25, 0.3) is 0 Å². The zero-order valence-electron chi connectivity index (χ0n) is 10.9. The molecule has 0 fully saturated rings. The third-order valence-electron chi connectivity index (χ3n) is 3.16. The van der Waals surface area contributed by atoms with Crippen LogP contribution >= 0.6 is 0 Å². The summed E-state index contributed by atoms with van der Waals surface area (Å²) in [7, 11) is 0.612. The number of rotatable bonds is 0. The molecule has 0 saturated carbocycles. The minimum absolute atomic E-state index is 0.612. The zero-order chi connectivity index (χ0) is 17.9. The zero-order valence-corrected chi connectivity index (χ0v) is 10.9. The maximum Gasteiger partial charge on any atom is 0.431 e. The van der Waals surface area contributed by atoms with Gasteiger partial charge in [0.05, 0.1) is 5.56 Å². The molecule has 0 spiro atoms. The van der Waals surface area contributed by atoms with Crippen molar-refractivity contribution >= 4 is 11.3 Å². The average Bonchev–Trinajstić information content (AvgIpc) is 2.67. The summed E-state index contributed by atoms with van der Waals surface area (Å²) in [5.74, 6) is -14.7. The maximum atomic E-state index is 14.1. The molecule has 1 aromatic carbocycles. The number of hydrogen-bond acceptors (Lipinski definition) is 2. The molecule has 0 aromatic heterocycles. The first-order valence-electron chi connectivity index (χ1n) is 5.66. The van der Waals surface area contributed by atoms with Gasteiger partial charge in [-0.25, -0.2) is 17.6 Å². The standard InChI is InChI=1S/C12H5F9N2/c1-23-10-3(9(22)12(19,20)21)2-4(11(10,17)18)6(14)8(16)7(15)5(2)13/h22H2,1H3. The third kappa shape index (κ3) is 2.17. The van der Waals surface area contributed by atoms with E-state index >= 15 is 0 Å². The summed E-state index contributed by atoms with van der Waals surface area (Å²) in [4.78, 5) is 2.86. The smallest absolute Gasteiger partial charge is 0.394 e. The fourth-order valence-electron chi connectivity index (χ4n) is 2.21. The first kappa shape index (κ1) is 17.2. The van der Waals surface area contributed by atoms with Gasteiger partial charge < -0.3 is 5.73 Å². The van der Waals surface area contributed by atoms with Gasteiger partial charge in [-0.15, -0.1) is 0 Å². The lowest BCUT2D eigenvalue weighted by Crippen LogP contribution is -2.26. The van der Waals surface area contributed by atoms with Gasteiger partial charge in [-0.1, -0.05) is 0 Å². The summed E-state index contributed by atoms with van der Waals surface area (Å²) in [6.45, 7) is 0. The number of allylic oxidation sites excluding steroid dienone is 2. The van der Waals surface area contributed by atoms with E-state index in [0.29, 0.717) is 7.05 Å². The lowest BCUT2D eigenvalue weighted by Gasteiger charge is -2.13. The molecule has 0 aliphatic heterocycles. The molecule has 2 N–H and O–H groups in total. The molecule has 0 radical (unpaired) electrons. The predicted octanol–water partition coefficient (Wildman–Crippen LogP) is 3.65. The topological polar surface area (TPSA) is 38.4 Å². The van der Waals surface area contributed by atoms with E-state index in [-0.39, 0.29) is 0 Å². The SMILES string of the molecule is CN=C1C(=C(N)C(F)(F)F)c2c(F)c(F)c(F)c(F)c2C1(F)F. The fourth-order valence-corrected chi connectivity index (χ4v) is 2.21.